The Morgan fingerprint density at radius 2 is 2.30 bits per heavy atom. The Bertz CT molecular complexity index is 577. The lowest BCUT2D eigenvalue weighted by Gasteiger charge is -2.09. The minimum absolute atomic E-state index is 0.0293. The molecule has 0 saturated heterocycles. The number of nitrogens with two attached hydrogens (primary N) is 1. The third-order valence-corrected chi connectivity index (χ3v) is 3.01. The number of amides is 1. The average Bonchev–Trinajstić information content (AvgIpc) is 2.92. The van der Waals surface area contributed by atoms with E-state index in [0.717, 1.165) is 16.8 Å². The highest BCUT2D eigenvalue weighted by atomic mass is 16.3. The van der Waals surface area contributed by atoms with Gasteiger partial charge in [-0.15, -0.1) is 0 Å². The molecule has 106 valence electrons. The van der Waals surface area contributed by atoms with Crippen LogP contribution < -0.4 is 11.1 Å². The number of benzene rings is 1. The topological polar surface area (TPSA) is 81.2 Å². The first-order valence-electron chi connectivity index (χ1n) is 6.62. The van der Waals surface area contributed by atoms with Gasteiger partial charge in [-0.25, -0.2) is 4.98 Å². The summed E-state index contributed by atoms with van der Waals surface area (Å²) in [6.07, 6.45) is 4.22. The number of hydrogen-bond donors (Lipinski definition) is 2. The van der Waals surface area contributed by atoms with Crippen LogP contribution in [-0.2, 0) is 4.79 Å². The summed E-state index contributed by atoms with van der Waals surface area (Å²) >= 11 is 0. The van der Waals surface area contributed by atoms with E-state index in [1.165, 1.54) is 6.26 Å². The molecule has 0 spiro atoms. The van der Waals surface area contributed by atoms with Gasteiger partial charge in [0.1, 0.15) is 6.26 Å². The summed E-state index contributed by atoms with van der Waals surface area (Å²) < 4.78 is 5.30. The van der Waals surface area contributed by atoms with Crippen molar-refractivity contribution in [2.24, 2.45) is 5.73 Å². The summed E-state index contributed by atoms with van der Waals surface area (Å²) in [5.74, 6) is 0.513. The van der Waals surface area contributed by atoms with Gasteiger partial charge >= 0.3 is 0 Å². The fraction of sp³-hybridized carbons (Fsp3) is 0.333. The standard InChI is InChI=1S/C15H19N3O2/c1-10-3-5-12(18-14(19)6-4-11(2)16)9-13(10)15-17-7-8-20-15/h3,5,7-9,11H,4,6,16H2,1-2H3,(H,18,19). The number of aromatic nitrogens is 1. The fourth-order valence-electron chi connectivity index (χ4n) is 1.87. The monoisotopic (exact) mass is 273 g/mol. The van der Waals surface area contributed by atoms with E-state index in [0.29, 0.717) is 18.7 Å². The summed E-state index contributed by atoms with van der Waals surface area (Å²) in [7, 11) is 0. The number of rotatable bonds is 5. The Morgan fingerprint density at radius 3 is 2.95 bits per heavy atom. The molecule has 0 aliphatic carbocycles. The van der Waals surface area contributed by atoms with E-state index in [-0.39, 0.29) is 11.9 Å². The van der Waals surface area contributed by atoms with Crippen molar-refractivity contribution in [3.05, 3.63) is 36.2 Å². The number of hydrogen-bond acceptors (Lipinski definition) is 4. The predicted molar refractivity (Wildman–Crippen MR) is 78.2 cm³/mol. The van der Waals surface area contributed by atoms with Crippen LogP contribution in [0.2, 0.25) is 0 Å². The maximum atomic E-state index is 11.8. The number of aryl methyl sites for hydroxylation is 1. The lowest BCUT2D eigenvalue weighted by molar-refractivity contribution is -0.116. The highest BCUT2D eigenvalue weighted by molar-refractivity contribution is 5.91. The average molecular weight is 273 g/mol. The number of nitrogens with zero attached hydrogens (tertiary/aromatic N) is 1. The van der Waals surface area contributed by atoms with Crippen molar-refractivity contribution in [1.29, 1.82) is 0 Å². The van der Waals surface area contributed by atoms with Crippen molar-refractivity contribution < 1.29 is 9.21 Å². The summed E-state index contributed by atoms with van der Waals surface area (Å²) in [6.45, 7) is 3.86. The molecule has 1 unspecified atom stereocenters. The molecule has 2 rings (SSSR count). The number of carbonyl (C=O) groups is 1. The van der Waals surface area contributed by atoms with Crippen LogP contribution >= 0.6 is 0 Å². The maximum absolute atomic E-state index is 11.8. The van der Waals surface area contributed by atoms with Gasteiger partial charge in [0, 0.05) is 23.7 Å². The van der Waals surface area contributed by atoms with Gasteiger partial charge in [0.05, 0.1) is 6.20 Å². The highest BCUT2D eigenvalue weighted by Crippen LogP contribution is 2.25. The second-order valence-electron chi connectivity index (χ2n) is 4.93. The van der Waals surface area contributed by atoms with Crippen molar-refractivity contribution >= 4 is 11.6 Å². The van der Waals surface area contributed by atoms with E-state index >= 15 is 0 Å². The molecule has 0 fully saturated rings. The molecule has 1 aromatic carbocycles. The van der Waals surface area contributed by atoms with Crippen molar-refractivity contribution in [2.75, 3.05) is 5.32 Å². The van der Waals surface area contributed by atoms with Gasteiger partial charge in [-0.1, -0.05) is 6.07 Å². The van der Waals surface area contributed by atoms with Crippen LogP contribution in [0.1, 0.15) is 25.3 Å². The van der Waals surface area contributed by atoms with Gasteiger partial charge in [0.15, 0.2) is 0 Å². The molecule has 1 amide bonds. The van der Waals surface area contributed by atoms with Gasteiger partial charge < -0.3 is 15.5 Å². The first-order valence-corrected chi connectivity index (χ1v) is 6.62. The highest BCUT2D eigenvalue weighted by Gasteiger charge is 2.09. The predicted octanol–water partition coefficient (Wildman–Crippen LogP) is 2.72. The van der Waals surface area contributed by atoms with Crippen LogP contribution in [0.5, 0.6) is 0 Å². The van der Waals surface area contributed by atoms with E-state index in [9.17, 15) is 4.79 Å². The zero-order valence-corrected chi connectivity index (χ0v) is 11.7. The smallest absolute Gasteiger partial charge is 0.226 e. The largest absolute Gasteiger partial charge is 0.445 e. The Labute approximate surface area is 118 Å². The minimum atomic E-state index is -0.0375. The van der Waals surface area contributed by atoms with E-state index in [1.807, 2.05) is 32.0 Å². The van der Waals surface area contributed by atoms with E-state index in [1.54, 1.807) is 6.20 Å². The third-order valence-electron chi connectivity index (χ3n) is 3.01. The minimum Gasteiger partial charge on any atom is -0.445 e. The summed E-state index contributed by atoms with van der Waals surface area (Å²) in [6, 6.07) is 5.69. The van der Waals surface area contributed by atoms with Gasteiger partial charge in [-0.2, -0.15) is 0 Å². The Hall–Kier alpha value is -2.14. The summed E-state index contributed by atoms with van der Waals surface area (Å²) in [4.78, 5) is 15.9. The summed E-state index contributed by atoms with van der Waals surface area (Å²) in [5.41, 5.74) is 8.29. The van der Waals surface area contributed by atoms with Gasteiger partial charge in [-0.05, 0) is 38.0 Å². The van der Waals surface area contributed by atoms with Crippen LogP contribution in [0.25, 0.3) is 11.5 Å². The van der Waals surface area contributed by atoms with Crippen LogP contribution in [0, 0.1) is 6.92 Å². The zero-order chi connectivity index (χ0) is 14.5. The first-order chi connectivity index (χ1) is 9.56. The quantitative estimate of drug-likeness (QED) is 0.877. The Morgan fingerprint density at radius 1 is 1.50 bits per heavy atom. The number of carbonyl (C=O) groups excluding carboxylic acids is 1. The molecule has 0 aliphatic rings. The fourth-order valence-corrected chi connectivity index (χ4v) is 1.87. The van der Waals surface area contributed by atoms with Crippen LogP contribution in [-0.4, -0.2) is 16.9 Å². The molecule has 0 saturated carbocycles. The Balaban J connectivity index is 2.10. The number of nitrogens with one attached hydrogen (secondary N) is 1. The molecule has 5 heteroatoms. The van der Waals surface area contributed by atoms with Crippen LogP contribution in [0.15, 0.2) is 35.1 Å². The molecular formula is C15H19N3O2. The van der Waals surface area contributed by atoms with Crippen molar-refractivity contribution in [3.63, 3.8) is 0 Å². The molecule has 0 bridgehead atoms. The molecule has 0 radical (unpaired) electrons. The maximum Gasteiger partial charge on any atom is 0.226 e. The lowest BCUT2D eigenvalue weighted by atomic mass is 10.1. The molecular weight excluding hydrogens is 254 g/mol. The van der Waals surface area contributed by atoms with E-state index < -0.39 is 0 Å². The van der Waals surface area contributed by atoms with Gasteiger partial charge in [-0.3, -0.25) is 4.79 Å². The lowest BCUT2D eigenvalue weighted by Crippen LogP contribution is -2.19. The molecule has 1 atom stereocenters. The van der Waals surface area contributed by atoms with Gasteiger partial charge in [0.2, 0.25) is 11.8 Å². The Kier molecular flexibility index (Phi) is 4.53. The molecule has 0 aliphatic heterocycles. The van der Waals surface area contributed by atoms with Crippen LogP contribution in [0.4, 0.5) is 5.69 Å². The molecule has 3 N–H and O–H groups in total. The van der Waals surface area contributed by atoms with E-state index in [4.69, 9.17) is 10.2 Å². The first kappa shape index (κ1) is 14.3. The second-order valence-corrected chi connectivity index (χ2v) is 4.93. The van der Waals surface area contributed by atoms with Gasteiger partial charge in [0.25, 0.3) is 0 Å². The normalized spacial score (nSPS) is 12.2. The number of anilines is 1. The third kappa shape index (κ3) is 3.68. The zero-order valence-electron chi connectivity index (χ0n) is 11.7. The molecule has 1 aromatic heterocycles. The molecule has 1 heterocycles. The van der Waals surface area contributed by atoms with Crippen LogP contribution in [0.3, 0.4) is 0 Å². The SMILES string of the molecule is Cc1ccc(NC(=O)CCC(C)N)cc1-c1ncco1. The molecule has 2 aromatic rings. The molecule has 20 heavy (non-hydrogen) atoms. The molecule has 5 nitrogen and oxygen atoms in total. The van der Waals surface area contributed by atoms with Crippen molar-refractivity contribution in [1.82, 2.24) is 4.98 Å². The second kappa shape index (κ2) is 6.34. The van der Waals surface area contributed by atoms with Crippen molar-refractivity contribution in [2.45, 2.75) is 32.7 Å². The summed E-state index contributed by atoms with van der Waals surface area (Å²) in [5, 5.41) is 2.86. The van der Waals surface area contributed by atoms with Crippen molar-refractivity contribution in [3.8, 4) is 11.5 Å². The number of oxazole rings is 1. The van der Waals surface area contributed by atoms with E-state index in [2.05, 4.69) is 10.3 Å².